The van der Waals surface area contributed by atoms with Crippen LogP contribution < -0.4 is 0 Å². The smallest absolute Gasteiger partial charge is 0.163 e. The molecule has 1 saturated heterocycles. The summed E-state index contributed by atoms with van der Waals surface area (Å²) in [6.07, 6.45) is 3.40. The summed E-state index contributed by atoms with van der Waals surface area (Å²) in [5.74, 6) is 0.734. The predicted molar refractivity (Wildman–Crippen MR) is 124 cm³/mol. The first-order valence-electron chi connectivity index (χ1n) is 11.0. The van der Waals surface area contributed by atoms with Gasteiger partial charge >= 0.3 is 0 Å². The maximum Gasteiger partial charge on any atom is 0.163 e. The van der Waals surface area contributed by atoms with Gasteiger partial charge in [0.15, 0.2) is 21.5 Å². The molecule has 34 heavy (non-hydrogen) atoms. The Kier molecular flexibility index (Phi) is 9.35. The molecule has 2 aromatic rings. The second kappa shape index (κ2) is 11.8. The fourth-order valence-corrected chi connectivity index (χ4v) is 5.63. The Morgan fingerprint density at radius 1 is 1.15 bits per heavy atom. The molecule has 0 N–H and O–H groups in total. The summed E-state index contributed by atoms with van der Waals surface area (Å²) in [6, 6.07) is -0.321. The number of aromatic nitrogens is 5. The Morgan fingerprint density at radius 2 is 1.79 bits per heavy atom. The van der Waals surface area contributed by atoms with E-state index in [2.05, 4.69) is 20.2 Å². The van der Waals surface area contributed by atoms with E-state index in [9.17, 15) is 8.42 Å². The Bertz CT molecular complexity index is 1030. The van der Waals surface area contributed by atoms with Gasteiger partial charge in [-0.2, -0.15) is 0 Å². The molecule has 2 aromatic heterocycles. The van der Waals surface area contributed by atoms with Gasteiger partial charge < -0.3 is 23.5 Å². The third kappa shape index (κ3) is 6.10. The molecule has 0 radical (unpaired) electrons. The molecule has 0 saturated carbocycles. The molecular formula is C21H32ClN5O6S. The highest BCUT2D eigenvalue weighted by Gasteiger charge is 2.37. The Morgan fingerprint density at radius 3 is 2.32 bits per heavy atom. The molecular weight excluding hydrogens is 486 g/mol. The maximum absolute atomic E-state index is 13.5. The monoisotopic (exact) mass is 517 g/mol. The van der Waals surface area contributed by atoms with Gasteiger partial charge in [-0.1, -0.05) is 11.6 Å². The van der Waals surface area contributed by atoms with Crippen molar-refractivity contribution in [2.24, 2.45) is 0 Å². The minimum Gasteiger partial charge on any atom is -0.382 e. The van der Waals surface area contributed by atoms with E-state index in [0.717, 1.165) is 12.8 Å². The number of methoxy groups -OCH3 is 3. The number of halogens is 1. The third-order valence-corrected chi connectivity index (χ3v) is 8.10. The van der Waals surface area contributed by atoms with Crippen LogP contribution in [0.4, 0.5) is 0 Å². The van der Waals surface area contributed by atoms with Crippen molar-refractivity contribution < 1.29 is 27.4 Å². The van der Waals surface area contributed by atoms with E-state index in [-0.39, 0.29) is 35.7 Å². The molecule has 0 bridgehead atoms. The third-order valence-electron chi connectivity index (χ3n) is 5.87. The van der Waals surface area contributed by atoms with Gasteiger partial charge in [-0.25, -0.2) is 18.4 Å². The molecule has 0 aromatic carbocycles. The van der Waals surface area contributed by atoms with Crippen LogP contribution in [0.5, 0.6) is 0 Å². The van der Waals surface area contributed by atoms with Crippen LogP contribution in [0.25, 0.3) is 0 Å². The highest BCUT2D eigenvalue weighted by atomic mass is 35.5. The molecule has 1 aliphatic heterocycles. The van der Waals surface area contributed by atoms with Gasteiger partial charge in [0.2, 0.25) is 0 Å². The van der Waals surface area contributed by atoms with E-state index < -0.39 is 21.2 Å². The zero-order chi connectivity index (χ0) is 24.9. The van der Waals surface area contributed by atoms with E-state index in [4.69, 9.17) is 30.5 Å². The van der Waals surface area contributed by atoms with Crippen molar-refractivity contribution in [3.05, 3.63) is 34.9 Å². The summed E-state index contributed by atoms with van der Waals surface area (Å²) >= 11 is 5.87. The van der Waals surface area contributed by atoms with E-state index in [1.165, 1.54) is 19.5 Å². The summed E-state index contributed by atoms with van der Waals surface area (Å²) in [6.45, 7) is 4.15. The van der Waals surface area contributed by atoms with Gasteiger partial charge in [0.25, 0.3) is 0 Å². The average Bonchev–Trinajstić information content (AvgIpc) is 3.41. The zero-order valence-corrected chi connectivity index (χ0v) is 21.6. The van der Waals surface area contributed by atoms with Crippen molar-refractivity contribution in [3.8, 4) is 0 Å². The minimum absolute atomic E-state index is 0.0903. The first-order valence-corrected chi connectivity index (χ1v) is 13.1. The summed E-state index contributed by atoms with van der Waals surface area (Å²) in [7, 11) is 0.800. The summed E-state index contributed by atoms with van der Waals surface area (Å²) in [5.41, 5.74) is 0. The van der Waals surface area contributed by atoms with Crippen LogP contribution in [0.2, 0.25) is 5.02 Å². The average molecular weight is 518 g/mol. The molecule has 4 atom stereocenters. The maximum atomic E-state index is 13.5. The van der Waals surface area contributed by atoms with Crippen molar-refractivity contribution in [1.29, 1.82) is 0 Å². The van der Waals surface area contributed by atoms with Crippen LogP contribution in [0, 0.1) is 0 Å². The number of sulfone groups is 1. The van der Waals surface area contributed by atoms with Crippen molar-refractivity contribution in [2.75, 3.05) is 34.5 Å². The fourth-order valence-electron chi connectivity index (χ4n) is 4.10. The predicted octanol–water partition coefficient (Wildman–Crippen LogP) is 2.49. The zero-order valence-electron chi connectivity index (χ0n) is 20.0. The Hall–Kier alpha value is -1.70. The SMILES string of the molecule is COCC(COC)n1c(CS(=O)(=O)[C@@H](C)[C@H](OC)c2ncc(Cl)cn2)nnc1[C@H]1CC[C@@H](C)O1. The van der Waals surface area contributed by atoms with Crippen molar-refractivity contribution in [2.45, 2.75) is 62.0 Å². The van der Waals surface area contributed by atoms with Gasteiger partial charge in [0.05, 0.1) is 35.6 Å². The molecule has 3 rings (SSSR count). The molecule has 0 spiro atoms. The normalized spacial score (nSPS) is 20.7. The molecule has 1 fully saturated rings. The lowest BCUT2D eigenvalue weighted by atomic mass is 10.2. The van der Waals surface area contributed by atoms with Crippen molar-refractivity contribution >= 4 is 21.4 Å². The van der Waals surface area contributed by atoms with Crippen LogP contribution in [0.1, 0.15) is 62.4 Å². The molecule has 13 heteroatoms. The van der Waals surface area contributed by atoms with Gasteiger partial charge in [-0.05, 0) is 26.7 Å². The lowest BCUT2D eigenvalue weighted by Gasteiger charge is -2.24. The second-order valence-corrected chi connectivity index (χ2v) is 11.1. The van der Waals surface area contributed by atoms with E-state index >= 15 is 0 Å². The number of nitrogens with zero attached hydrogens (tertiary/aromatic N) is 5. The molecule has 11 nitrogen and oxygen atoms in total. The number of ether oxygens (including phenoxy) is 4. The standard InChI is InChI=1S/C21H32ClN5O6S/c1-13-6-7-17(33-13)21-26-25-18(27(21)16(10-30-3)11-31-4)12-34(28,29)14(2)19(32-5)20-23-8-15(22)9-24-20/h8-9,13-14,16-17,19H,6-7,10-12H2,1-5H3/t13-,14+,17-,19+/m1/s1. The van der Waals surface area contributed by atoms with Crippen LogP contribution in [-0.2, 0) is 34.5 Å². The quantitative estimate of drug-likeness (QED) is 0.414. The highest BCUT2D eigenvalue weighted by molar-refractivity contribution is 7.91. The first kappa shape index (κ1) is 26.9. The lowest BCUT2D eigenvalue weighted by molar-refractivity contribution is 0.0399. The van der Waals surface area contributed by atoms with Crippen LogP contribution in [0.15, 0.2) is 12.4 Å². The van der Waals surface area contributed by atoms with Crippen LogP contribution >= 0.6 is 11.6 Å². The largest absolute Gasteiger partial charge is 0.382 e. The fraction of sp³-hybridized carbons (Fsp3) is 0.714. The number of hydrogen-bond donors (Lipinski definition) is 0. The molecule has 190 valence electrons. The topological polar surface area (TPSA) is 128 Å². The molecule has 0 aliphatic carbocycles. The summed E-state index contributed by atoms with van der Waals surface area (Å²) < 4.78 is 51.0. The van der Waals surface area contributed by atoms with Crippen LogP contribution in [0.3, 0.4) is 0 Å². The van der Waals surface area contributed by atoms with E-state index in [1.54, 1.807) is 25.7 Å². The van der Waals surface area contributed by atoms with E-state index in [1.807, 2.05) is 6.92 Å². The second-order valence-electron chi connectivity index (χ2n) is 8.35. The van der Waals surface area contributed by atoms with Gasteiger partial charge in [0.1, 0.15) is 23.8 Å². The summed E-state index contributed by atoms with van der Waals surface area (Å²) in [4.78, 5) is 8.27. The van der Waals surface area contributed by atoms with Crippen LogP contribution in [-0.4, -0.2) is 79.0 Å². The molecule has 1 aliphatic rings. The molecule has 0 unspecified atom stereocenters. The van der Waals surface area contributed by atoms with Gasteiger partial charge in [-0.15, -0.1) is 10.2 Å². The lowest BCUT2D eigenvalue weighted by Crippen LogP contribution is -2.31. The first-order chi connectivity index (χ1) is 16.2. The Balaban J connectivity index is 1.94. The Labute approximate surface area is 205 Å². The van der Waals surface area contributed by atoms with E-state index in [0.29, 0.717) is 24.1 Å². The highest BCUT2D eigenvalue weighted by Crippen LogP contribution is 2.34. The van der Waals surface area contributed by atoms with Crippen molar-refractivity contribution in [3.63, 3.8) is 0 Å². The van der Waals surface area contributed by atoms with Crippen molar-refractivity contribution in [1.82, 2.24) is 24.7 Å². The molecule has 0 amide bonds. The summed E-state index contributed by atoms with van der Waals surface area (Å²) in [5, 5.41) is 7.99. The van der Waals surface area contributed by atoms with Gasteiger partial charge in [0, 0.05) is 33.7 Å². The molecule has 3 heterocycles. The minimum atomic E-state index is -3.77. The van der Waals surface area contributed by atoms with Gasteiger partial charge in [-0.3, -0.25) is 0 Å². The number of rotatable bonds is 12. The number of hydrogen-bond acceptors (Lipinski definition) is 10.